The Kier molecular flexibility index (Phi) is 4.83. The summed E-state index contributed by atoms with van der Waals surface area (Å²) in [5, 5.41) is 0. The Morgan fingerprint density at radius 3 is 2.54 bits per heavy atom. The van der Waals surface area contributed by atoms with Crippen molar-refractivity contribution >= 4 is 11.7 Å². The van der Waals surface area contributed by atoms with Crippen molar-refractivity contribution in [3.05, 3.63) is 59.6 Å². The monoisotopic (exact) mass is 380 g/mol. The largest absolute Gasteiger partial charge is 0.353 e. The van der Waals surface area contributed by atoms with Crippen LogP contribution in [0.1, 0.15) is 5.69 Å². The van der Waals surface area contributed by atoms with Gasteiger partial charge in [-0.1, -0.05) is 0 Å². The van der Waals surface area contributed by atoms with Gasteiger partial charge in [0.05, 0.1) is 6.33 Å². The van der Waals surface area contributed by atoms with E-state index in [4.69, 9.17) is 0 Å². The van der Waals surface area contributed by atoms with Gasteiger partial charge in [-0.3, -0.25) is 18.7 Å². The van der Waals surface area contributed by atoms with Crippen LogP contribution in [-0.2, 0) is 11.3 Å². The van der Waals surface area contributed by atoms with Crippen LogP contribution in [0.2, 0.25) is 0 Å². The van der Waals surface area contributed by atoms with Gasteiger partial charge in [-0.25, -0.2) is 19.9 Å². The van der Waals surface area contributed by atoms with Gasteiger partial charge in [0.25, 0.3) is 5.56 Å². The zero-order valence-electron chi connectivity index (χ0n) is 15.5. The first-order valence-corrected chi connectivity index (χ1v) is 8.96. The molecule has 3 aromatic heterocycles. The molecule has 1 fully saturated rings. The maximum Gasteiger partial charge on any atom is 0.253 e. The first kappa shape index (κ1) is 17.8. The van der Waals surface area contributed by atoms with Gasteiger partial charge in [-0.2, -0.15) is 0 Å². The minimum absolute atomic E-state index is 0.00436. The molecule has 10 heteroatoms. The number of nitrogens with zero attached hydrogens (tertiary/aromatic N) is 8. The molecule has 1 aliphatic heterocycles. The highest BCUT2D eigenvalue weighted by molar-refractivity contribution is 5.76. The summed E-state index contributed by atoms with van der Waals surface area (Å²) in [4.78, 5) is 45.1. The van der Waals surface area contributed by atoms with Gasteiger partial charge in [0.2, 0.25) is 5.91 Å². The third-order valence-corrected chi connectivity index (χ3v) is 4.69. The van der Waals surface area contributed by atoms with Crippen LogP contribution in [0.3, 0.4) is 0 Å². The summed E-state index contributed by atoms with van der Waals surface area (Å²) in [7, 11) is 0. The highest BCUT2D eigenvalue weighted by Crippen LogP contribution is 2.16. The molecular formula is C18H20N8O2. The van der Waals surface area contributed by atoms with Crippen LogP contribution < -0.4 is 10.5 Å². The van der Waals surface area contributed by atoms with Crippen molar-refractivity contribution in [2.75, 3.05) is 31.1 Å². The van der Waals surface area contributed by atoms with E-state index in [1.165, 1.54) is 23.3 Å². The summed E-state index contributed by atoms with van der Waals surface area (Å²) in [5.74, 6) is 1.46. The second kappa shape index (κ2) is 7.59. The Hall–Kier alpha value is -3.56. The summed E-state index contributed by atoms with van der Waals surface area (Å²) < 4.78 is 3.15. The number of piperazine rings is 1. The molecule has 0 unspecified atom stereocenters. The maximum absolute atomic E-state index is 12.5. The van der Waals surface area contributed by atoms with Crippen LogP contribution in [0.15, 0.2) is 48.3 Å². The fourth-order valence-electron chi connectivity index (χ4n) is 3.11. The van der Waals surface area contributed by atoms with Crippen molar-refractivity contribution in [3.63, 3.8) is 0 Å². The lowest BCUT2D eigenvalue weighted by Gasteiger charge is -2.35. The molecule has 4 heterocycles. The zero-order valence-corrected chi connectivity index (χ0v) is 15.5. The van der Waals surface area contributed by atoms with E-state index in [9.17, 15) is 9.59 Å². The molecule has 0 aromatic carbocycles. The lowest BCUT2D eigenvalue weighted by molar-refractivity contribution is -0.132. The van der Waals surface area contributed by atoms with Gasteiger partial charge in [0.1, 0.15) is 30.8 Å². The smallest absolute Gasteiger partial charge is 0.253 e. The van der Waals surface area contributed by atoms with Crippen molar-refractivity contribution < 1.29 is 4.79 Å². The Balaban J connectivity index is 1.39. The van der Waals surface area contributed by atoms with E-state index in [0.717, 1.165) is 11.6 Å². The highest BCUT2D eigenvalue weighted by atomic mass is 16.2. The Morgan fingerprint density at radius 2 is 1.82 bits per heavy atom. The van der Waals surface area contributed by atoms with E-state index in [0.29, 0.717) is 31.9 Å². The molecule has 4 rings (SSSR count). The molecule has 144 valence electrons. The molecule has 28 heavy (non-hydrogen) atoms. The standard InChI is InChI=1S/C18H20N8O2/c1-14-8-17(27)26(13-22-14)10-18(28)24-6-4-23(5-7-24)15-9-16(21-11-20-15)25-3-2-19-12-25/h2-3,8-9,11-13H,4-7,10H2,1H3. The first-order valence-electron chi connectivity index (χ1n) is 8.96. The summed E-state index contributed by atoms with van der Waals surface area (Å²) in [6.45, 7) is 4.21. The number of aromatic nitrogens is 6. The third kappa shape index (κ3) is 3.75. The van der Waals surface area contributed by atoms with Gasteiger partial charge in [-0.05, 0) is 6.92 Å². The summed E-state index contributed by atoms with van der Waals surface area (Å²) in [6.07, 6.45) is 8.15. The molecule has 10 nitrogen and oxygen atoms in total. The number of hydrogen-bond donors (Lipinski definition) is 0. The lowest BCUT2D eigenvalue weighted by Crippen LogP contribution is -2.50. The zero-order chi connectivity index (χ0) is 19.5. The van der Waals surface area contributed by atoms with Gasteiger partial charge in [-0.15, -0.1) is 0 Å². The van der Waals surface area contributed by atoms with Crippen molar-refractivity contribution in [1.82, 2.24) is 34.0 Å². The minimum atomic E-state index is -0.215. The van der Waals surface area contributed by atoms with Gasteiger partial charge >= 0.3 is 0 Å². The van der Waals surface area contributed by atoms with Crippen LogP contribution in [0.4, 0.5) is 5.82 Å². The minimum Gasteiger partial charge on any atom is -0.353 e. The van der Waals surface area contributed by atoms with Gasteiger partial charge in [0.15, 0.2) is 0 Å². The predicted octanol–water partition coefficient (Wildman–Crippen LogP) is -0.124. The second-order valence-corrected chi connectivity index (χ2v) is 6.57. The Bertz CT molecular complexity index is 1020. The van der Waals surface area contributed by atoms with Crippen molar-refractivity contribution in [2.45, 2.75) is 13.5 Å². The van der Waals surface area contributed by atoms with Crippen LogP contribution in [0.5, 0.6) is 0 Å². The third-order valence-electron chi connectivity index (χ3n) is 4.69. The van der Waals surface area contributed by atoms with Crippen molar-refractivity contribution in [3.8, 4) is 5.82 Å². The van der Waals surface area contributed by atoms with Crippen molar-refractivity contribution in [2.24, 2.45) is 0 Å². The number of aryl methyl sites for hydroxylation is 1. The topological polar surface area (TPSA) is 102 Å². The van der Waals surface area contributed by atoms with E-state index >= 15 is 0 Å². The number of amides is 1. The Labute approximate surface area is 161 Å². The first-order chi connectivity index (χ1) is 13.6. The summed E-state index contributed by atoms with van der Waals surface area (Å²) in [5.41, 5.74) is 0.426. The maximum atomic E-state index is 12.5. The fraction of sp³-hybridized carbons (Fsp3) is 0.333. The summed E-state index contributed by atoms with van der Waals surface area (Å²) >= 11 is 0. The quantitative estimate of drug-likeness (QED) is 0.622. The molecule has 0 N–H and O–H groups in total. The Morgan fingerprint density at radius 1 is 1.04 bits per heavy atom. The van der Waals surface area contributed by atoms with Crippen LogP contribution in [0.25, 0.3) is 5.82 Å². The number of rotatable bonds is 4. The molecular weight excluding hydrogens is 360 g/mol. The lowest BCUT2D eigenvalue weighted by atomic mass is 10.3. The van der Waals surface area contributed by atoms with Crippen LogP contribution >= 0.6 is 0 Å². The second-order valence-electron chi connectivity index (χ2n) is 6.57. The summed E-state index contributed by atoms with van der Waals surface area (Å²) in [6, 6.07) is 3.33. The van der Waals surface area contributed by atoms with E-state index < -0.39 is 0 Å². The van der Waals surface area contributed by atoms with Crippen LogP contribution in [-0.4, -0.2) is 66.1 Å². The van der Waals surface area contributed by atoms with Crippen LogP contribution in [0, 0.1) is 6.92 Å². The molecule has 1 amide bonds. The molecule has 0 radical (unpaired) electrons. The number of anilines is 1. The normalized spacial score (nSPS) is 14.3. The number of carbonyl (C=O) groups is 1. The molecule has 0 bridgehead atoms. The molecule has 3 aromatic rings. The van der Waals surface area contributed by atoms with Gasteiger partial charge in [0, 0.05) is 56.4 Å². The highest BCUT2D eigenvalue weighted by Gasteiger charge is 2.22. The average molecular weight is 380 g/mol. The SMILES string of the molecule is Cc1cc(=O)n(CC(=O)N2CCN(c3cc(-n4ccnc4)ncn3)CC2)cn1. The number of hydrogen-bond acceptors (Lipinski definition) is 7. The molecule has 1 saturated heterocycles. The number of imidazole rings is 1. The van der Waals surface area contributed by atoms with E-state index in [2.05, 4.69) is 24.8 Å². The molecule has 0 aliphatic carbocycles. The van der Waals surface area contributed by atoms with E-state index in [-0.39, 0.29) is 18.0 Å². The molecule has 0 spiro atoms. The molecule has 1 aliphatic rings. The van der Waals surface area contributed by atoms with E-state index in [1.807, 2.05) is 16.8 Å². The number of carbonyl (C=O) groups excluding carboxylic acids is 1. The predicted molar refractivity (Wildman–Crippen MR) is 101 cm³/mol. The fourth-order valence-corrected chi connectivity index (χ4v) is 3.11. The average Bonchev–Trinajstić information content (AvgIpc) is 3.25. The molecule has 0 atom stereocenters. The van der Waals surface area contributed by atoms with Gasteiger partial charge < -0.3 is 9.80 Å². The van der Waals surface area contributed by atoms with Crippen molar-refractivity contribution in [1.29, 1.82) is 0 Å². The van der Waals surface area contributed by atoms with E-state index in [1.54, 1.807) is 24.3 Å². The molecule has 0 saturated carbocycles.